The van der Waals surface area contributed by atoms with Crippen molar-refractivity contribution in [3.63, 3.8) is 0 Å². The minimum absolute atomic E-state index is 0.00154. The van der Waals surface area contributed by atoms with Gasteiger partial charge in [-0.2, -0.15) is 0 Å². The van der Waals surface area contributed by atoms with Gasteiger partial charge in [-0.05, 0) is 50.7 Å². The highest BCUT2D eigenvalue weighted by atomic mass is 19.1. The van der Waals surface area contributed by atoms with Crippen LogP contribution in [0.5, 0.6) is 0 Å². The van der Waals surface area contributed by atoms with Crippen LogP contribution in [0.15, 0.2) is 48.7 Å². The number of H-pyrrole nitrogens is 1. The minimum Gasteiger partial charge on any atom is -0.349 e. The SMILES string of the molecule is CN1CCCC(C(=O)NCc2nc(-c3cccc(F)c3)c(-c3ccccn3)[nH]2)C1. The summed E-state index contributed by atoms with van der Waals surface area (Å²) in [4.78, 5) is 27.0. The van der Waals surface area contributed by atoms with Gasteiger partial charge in [-0.3, -0.25) is 9.78 Å². The van der Waals surface area contributed by atoms with E-state index in [9.17, 15) is 9.18 Å². The van der Waals surface area contributed by atoms with Crippen molar-refractivity contribution in [2.24, 2.45) is 5.92 Å². The van der Waals surface area contributed by atoms with Gasteiger partial charge < -0.3 is 15.2 Å². The molecular weight excluding hydrogens is 369 g/mol. The van der Waals surface area contributed by atoms with Crippen molar-refractivity contribution >= 4 is 5.91 Å². The second-order valence-corrected chi connectivity index (χ2v) is 7.45. The Kier molecular flexibility index (Phi) is 5.67. The molecule has 1 saturated heterocycles. The third kappa shape index (κ3) is 4.51. The molecule has 0 aliphatic carbocycles. The van der Waals surface area contributed by atoms with Crippen molar-refractivity contribution < 1.29 is 9.18 Å². The summed E-state index contributed by atoms with van der Waals surface area (Å²) in [6.07, 6.45) is 3.64. The third-order valence-corrected chi connectivity index (χ3v) is 5.20. The Balaban J connectivity index is 1.57. The monoisotopic (exact) mass is 393 g/mol. The molecule has 1 atom stereocenters. The summed E-state index contributed by atoms with van der Waals surface area (Å²) in [6.45, 7) is 2.10. The molecule has 3 aromatic rings. The van der Waals surface area contributed by atoms with Crippen LogP contribution in [-0.4, -0.2) is 45.9 Å². The van der Waals surface area contributed by atoms with E-state index in [2.05, 4.69) is 25.2 Å². The molecule has 0 spiro atoms. The normalized spacial score (nSPS) is 17.2. The Morgan fingerprint density at radius 1 is 1.31 bits per heavy atom. The lowest BCUT2D eigenvalue weighted by atomic mass is 9.98. The number of nitrogens with zero attached hydrogens (tertiary/aromatic N) is 3. The molecule has 29 heavy (non-hydrogen) atoms. The van der Waals surface area contributed by atoms with Crippen LogP contribution in [-0.2, 0) is 11.3 Å². The molecule has 2 N–H and O–H groups in total. The van der Waals surface area contributed by atoms with Gasteiger partial charge in [0.25, 0.3) is 0 Å². The molecule has 1 aliphatic heterocycles. The van der Waals surface area contributed by atoms with Crippen LogP contribution in [0, 0.1) is 11.7 Å². The van der Waals surface area contributed by atoms with Crippen molar-refractivity contribution in [1.82, 2.24) is 25.2 Å². The lowest BCUT2D eigenvalue weighted by Crippen LogP contribution is -2.41. The molecule has 3 heterocycles. The maximum absolute atomic E-state index is 13.8. The molecule has 2 aromatic heterocycles. The molecule has 1 unspecified atom stereocenters. The number of piperidine rings is 1. The van der Waals surface area contributed by atoms with Gasteiger partial charge in [0.05, 0.1) is 29.5 Å². The molecule has 150 valence electrons. The molecule has 7 heteroatoms. The zero-order valence-electron chi connectivity index (χ0n) is 16.4. The van der Waals surface area contributed by atoms with Crippen LogP contribution in [0.3, 0.4) is 0 Å². The van der Waals surface area contributed by atoms with E-state index in [4.69, 9.17) is 0 Å². The lowest BCUT2D eigenvalue weighted by molar-refractivity contribution is -0.126. The summed E-state index contributed by atoms with van der Waals surface area (Å²) in [7, 11) is 2.04. The first-order chi connectivity index (χ1) is 14.1. The van der Waals surface area contributed by atoms with Crippen molar-refractivity contribution in [2.45, 2.75) is 19.4 Å². The average molecular weight is 393 g/mol. The topological polar surface area (TPSA) is 73.9 Å². The fraction of sp³-hybridized carbons (Fsp3) is 0.318. The number of likely N-dealkylation sites (tertiary alicyclic amines) is 1. The molecule has 0 bridgehead atoms. The summed E-state index contributed by atoms with van der Waals surface area (Å²) in [5.41, 5.74) is 2.70. The average Bonchev–Trinajstić information content (AvgIpc) is 3.17. The van der Waals surface area contributed by atoms with Crippen molar-refractivity contribution in [3.8, 4) is 22.6 Å². The van der Waals surface area contributed by atoms with Crippen LogP contribution in [0.4, 0.5) is 4.39 Å². The molecular formula is C22H24FN5O. The van der Waals surface area contributed by atoms with E-state index in [1.807, 2.05) is 31.3 Å². The maximum atomic E-state index is 13.8. The number of imidazole rings is 1. The summed E-state index contributed by atoms with van der Waals surface area (Å²) < 4.78 is 13.8. The number of amides is 1. The summed E-state index contributed by atoms with van der Waals surface area (Å²) in [5, 5.41) is 2.99. The molecule has 0 saturated carbocycles. The number of carbonyl (C=O) groups excluding carboxylic acids is 1. The quantitative estimate of drug-likeness (QED) is 0.698. The van der Waals surface area contributed by atoms with Crippen LogP contribution in [0.2, 0.25) is 0 Å². The number of nitrogens with one attached hydrogen (secondary N) is 2. The van der Waals surface area contributed by atoms with E-state index in [0.29, 0.717) is 28.5 Å². The first kappa shape index (κ1) is 19.3. The highest BCUT2D eigenvalue weighted by Crippen LogP contribution is 2.29. The largest absolute Gasteiger partial charge is 0.349 e. The van der Waals surface area contributed by atoms with E-state index >= 15 is 0 Å². The zero-order chi connectivity index (χ0) is 20.2. The predicted octanol–water partition coefficient (Wildman–Crippen LogP) is 3.24. The van der Waals surface area contributed by atoms with Crippen molar-refractivity contribution in [2.75, 3.05) is 20.1 Å². The summed E-state index contributed by atoms with van der Waals surface area (Å²) >= 11 is 0. The summed E-state index contributed by atoms with van der Waals surface area (Å²) in [6, 6.07) is 11.9. The van der Waals surface area contributed by atoms with Gasteiger partial charge in [0.1, 0.15) is 11.6 Å². The van der Waals surface area contributed by atoms with E-state index in [-0.39, 0.29) is 24.2 Å². The van der Waals surface area contributed by atoms with Crippen molar-refractivity contribution in [1.29, 1.82) is 0 Å². The van der Waals surface area contributed by atoms with Crippen LogP contribution >= 0.6 is 0 Å². The number of hydrogen-bond donors (Lipinski definition) is 2. The number of aromatic nitrogens is 3. The molecule has 0 radical (unpaired) electrons. The molecule has 4 rings (SSSR count). The lowest BCUT2D eigenvalue weighted by Gasteiger charge is -2.28. The first-order valence-electron chi connectivity index (χ1n) is 9.82. The fourth-order valence-corrected chi connectivity index (χ4v) is 3.74. The molecule has 1 amide bonds. The maximum Gasteiger partial charge on any atom is 0.224 e. The van der Waals surface area contributed by atoms with Gasteiger partial charge in [0.15, 0.2) is 0 Å². The molecule has 1 fully saturated rings. The minimum atomic E-state index is -0.325. The van der Waals surface area contributed by atoms with Crippen LogP contribution in [0.25, 0.3) is 22.6 Å². The zero-order valence-corrected chi connectivity index (χ0v) is 16.4. The van der Waals surface area contributed by atoms with Crippen LogP contribution in [0.1, 0.15) is 18.7 Å². The van der Waals surface area contributed by atoms with Crippen molar-refractivity contribution in [3.05, 3.63) is 60.3 Å². The number of carbonyl (C=O) groups is 1. The second-order valence-electron chi connectivity index (χ2n) is 7.45. The van der Waals surface area contributed by atoms with Gasteiger partial charge >= 0.3 is 0 Å². The number of rotatable bonds is 5. The van der Waals surface area contributed by atoms with Gasteiger partial charge in [-0.1, -0.05) is 18.2 Å². The Morgan fingerprint density at radius 2 is 2.21 bits per heavy atom. The number of hydrogen-bond acceptors (Lipinski definition) is 4. The Hall–Kier alpha value is -3.06. The van der Waals surface area contributed by atoms with Crippen LogP contribution < -0.4 is 5.32 Å². The molecule has 6 nitrogen and oxygen atoms in total. The Labute approximate surface area is 169 Å². The van der Waals surface area contributed by atoms with E-state index in [0.717, 1.165) is 25.9 Å². The smallest absolute Gasteiger partial charge is 0.224 e. The highest BCUT2D eigenvalue weighted by molar-refractivity contribution is 5.79. The van der Waals surface area contributed by atoms with Gasteiger partial charge in [0.2, 0.25) is 5.91 Å². The predicted molar refractivity (Wildman–Crippen MR) is 109 cm³/mol. The van der Waals surface area contributed by atoms with Gasteiger partial charge in [-0.15, -0.1) is 0 Å². The standard InChI is InChI=1S/C22H24FN5O/c1-28-11-5-7-16(14-28)22(29)25-13-19-26-20(15-6-4-8-17(23)12-15)21(27-19)18-9-2-3-10-24-18/h2-4,6,8-10,12,16H,5,7,11,13-14H2,1H3,(H,25,29)(H,26,27). The molecule has 1 aliphatic rings. The number of aromatic amines is 1. The molecule has 1 aromatic carbocycles. The van der Waals surface area contributed by atoms with Gasteiger partial charge in [-0.25, -0.2) is 9.37 Å². The number of halogens is 1. The number of benzene rings is 1. The van der Waals surface area contributed by atoms with E-state index in [1.165, 1.54) is 12.1 Å². The first-order valence-corrected chi connectivity index (χ1v) is 9.82. The summed E-state index contributed by atoms with van der Waals surface area (Å²) in [5.74, 6) is 0.331. The third-order valence-electron chi connectivity index (χ3n) is 5.20. The van der Waals surface area contributed by atoms with E-state index < -0.39 is 0 Å². The van der Waals surface area contributed by atoms with E-state index in [1.54, 1.807) is 12.3 Å². The second kappa shape index (κ2) is 8.53. The fourth-order valence-electron chi connectivity index (χ4n) is 3.74. The van der Waals surface area contributed by atoms with Gasteiger partial charge in [0, 0.05) is 18.3 Å². The Bertz CT molecular complexity index is 988. The highest BCUT2D eigenvalue weighted by Gasteiger charge is 2.24. The Morgan fingerprint density at radius 3 is 2.97 bits per heavy atom. The number of pyridine rings is 1.